The van der Waals surface area contributed by atoms with Crippen LogP contribution in [0, 0.1) is 17.3 Å². The molecule has 3 fully saturated rings. The van der Waals surface area contributed by atoms with Crippen LogP contribution in [0.5, 0.6) is 0 Å². The maximum Gasteiger partial charge on any atom is 0.00683 e. The van der Waals surface area contributed by atoms with Crippen molar-refractivity contribution in [1.29, 1.82) is 0 Å². The second-order valence-corrected chi connectivity index (χ2v) is 6.15. The zero-order chi connectivity index (χ0) is 9.60. The molecule has 3 atom stereocenters. The molecule has 1 spiro atoms. The van der Waals surface area contributed by atoms with Crippen LogP contribution in [0.25, 0.3) is 0 Å². The lowest BCUT2D eigenvalue weighted by Crippen LogP contribution is -2.24. The van der Waals surface area contributed by atoms with Crippen LogP contribution in [0.4, 0.5) is 0 Å². The molecule has 3 unspecified atom stereocenters. The van der Waals surface area contributed by atoms with Crippen LogP contribution in [-0.2, 0) is 0 Å². The van der Waals surface area contributed by atoms with Gasteiger partial charge < -0.3 is 5.32 Å². The molecule has 14 heavy (non-hydrogen) atoms. The van der Waals surface area contributed by atoms with Gasteiger partial charge in [0.1, 0.15) is 0 Å². The van der Waals surface area contributed by atoms with E-state index in [2.05, 4.69) is 12.2 Å². The van der Waals surface area contributed by atoms with Crippen molar-refractivity contribution >= 4 is 0 Å². The van der Waals surface area contributed by atoms with Crippen LogP contribution >= 0.6 is 0 Å². The van der Waals surface area contributed by atoms with Gasteiger partial charge in [-0.15, -0.1) is 0 Å². The minimum Gasteiger partial charge on any atom is -0.314 e. The molecule has 0 amide bonds. The van der Waals surface area contributed by atoms with Gasteiger partial charge in [-0.25, -0.2) is 0 Å². The summed E-state index contributed by atoms with van der Waals surface area (Å²) in [7, 11) is 0. The maximum atomic E-state index is 3.70. The third-order valence-electron chi connectivity index (χ3n) is 4.72. The molecule has 0 aliphatic heterocycles. The van der Waals surface area contributed by atoms with E-state index < -0.39 is 0 Å². The normalized spacial score (nSPS) is 46.9. The highest BCUT2D eigenvalue weighted by Crippen LogP contribution is 2.62. The summed E-state index contributed by atoms with van der Waals surface area (Å²) in [4.78, 5) is 0. The molecule has 0 aromatic heterocycles. The summed E-state index contributed by atoms with van der Waals surface area (Å²) in [6.07, 6.45) is 10.5. The molecule has 1 heteroatoms. The Kier molecular flexibility index (Phi) is 2.12. The fourth-order valence-electron chi connectivity index (χ4n) is 3.57. The molecule has 3 aliphatic carbocycles. The summed E-state index contributed by atoms with van der Waals surface area (Å²) < 4.78 is 0. The topological polar surface area (TPSA) is 12.0 Å². The van der Waals surface area contributed by atoms with Crippen molar-refractivity contribution in [3.05, 3.63) is 0 Å². The van der Waals surface area contributed by atoms with Crippen molar-refractivity contribution < 1.29 is 0 Å². The molecule has 80 valence electrons. The van der Waals surface area contributed by atoms with Gasteiger partial charge in [0.05, 0.1) is 0 Å². The average Bonchev–Trinajstić information content (AvgIpc) is 3.00. The molecular weight excluding hydrogens is 170 g/mol. The molecule has 3 saturated carbocycles. The van der Waals surface area contributed by atoms with Crippen molar-refractivity contribution in [2.24, 2.45) is 17.3 Å². The molecule has 0 radical (unpaired) electrons. The molecule has 0 heterocycles. The summed E-state index contributed by atoms with van der Waals surface area (Å²) in [6.45, 7) is 3.78. The highest BCUT2D eigenvalue weighted by atomic mass is 15.0. The largest absolute Gasteiger partial charge is 0.314 e. The fraction of sp³-hybridized carbons (Fsp3) is 1.00. The monoisotopic (exact) mass is 193 g/mol. The molecule has 0 aromatic rings. The van der Waals surface area contributed by atoms with Crippen molar-refractivity contribution in [2.75, 3.05) is 6.54 Å². The maximum absolute atomic E-state index is 3.70. The van der Waals surface area contributed by atoms with Gasteiger partial charge in [-0.1, -0.05) is 19.8 Å². The molecular formula is C13H23N. The van der Waals surface area contributed by atoms with Crippen molar-refractivity contribution in [1.82, 2.24) is 5.32 Å². The molecule has 1 N–H and O–H groups in total. The van der Waals surface area contributed by atoms with Crippen molar-refractivity contribution in [3.8, 4) is 0 Å². The second kappa shape index (κ2) is 3.23. The van der Waals surface area contributed by atoms with Gasteiger partial charge in [-0.05, 0) is 55.9 Å². The molecule has 0 bridgehead atoms. The summed E-state index contributed by atoms with van der Waals surface area (Å²) in [5.74, 6) is 2.06. The van der Waals surface area contributed by atoms with Gasteiger partial charge in [0.15, 0.2) is 0 Å². The summed E-state index contributed by atoms with van der Waals surface area (Å²) >= 11 is 0. The lowest BCUT2D eigenvalue weighted by Gasteiger charge is -2.28. The fourth-order valence-corrected chi connectivity index (χ4v) is 3.57. The Morgan fingerprint density at radius 3 is 2.79 bits per heavy atom. The highest BCUT2D eigenvalue weighted by molar-refractivity contribution is 5.05. The molecule has 3 rings (SSSR count). The summed E-state index contributed by atoms with van der Waals surface area (Å²) in [5, 5.41) is 3.70. The summed E-state index contributed by atoms with van der Waals surface area (Å²) in [5.41, 5.74) is 0.819. The highest BCUT2D eigenvalue weighted by Gasteiger charge is 2.54. The number of hydrogen-bond donors (Lipinski definition) is 1. The molecule has 0 aromatic carbocycles. The van der Waals surface area contributed by atoms with E-state index in [1.165, 1.54) is 51.5 Å². The van der Waals surface area contributed by atoms with E-state index in [1.807, 2.05) is 0 Å². The molecule has 1 nitrogen and oxygen atoms in total. The van der Waals surface area contributed by atoms with Gasteiger partial charge in [0.2, 0.25) is 0 Å². The van der Waals surface area contributed by atoms with E-state index >= 15 is 0 Å². The van der Waals surface area contributed by atoms with Crippen LogP contribution < -0.4 is 5.32 Å². The van der Waals surface area contributed by atoms with E-state index in [9.17, 15) is 0 Å². The van der Waals surface area contributed by atoms with E-state index in [4.69, 9.17) is 0 Å². The first-order chi connectivity index (χ1) is 6.78. The zero-order valence-corrected chi connectivity index (χ0v) is 9.39. The SMILES string of the molecule is CC1CCCC2(C1)CC2CNC1CC1. The number of nitrogens with one attached hydrogen (secondary N) is 1. The molecule has 0 saturated heterocycles. The first-order valence-corrected chi connectivity index (χ1v) is 6.52. The molecule has 3 aliphatic rings. The Morgan fingerprint density at radius 1 is 1.21 bits per heavy atom. The predicted molar refractivity (Wildman–Crippen MR) is 59.2 cm³/mol. The third kappa shape index (κ3) is 1.71. The van der Waals surface area contributed by atoms with E-state index in [0.29, 0.717) is 0 Å². The van der Waals surface area contributed by atoms with E-state index in [-0.39, 0.29) is 0 Å². The van der Waals surface area contributed by atoms with Crippen LogP contribution in [0.15, 0.2) is 0 Å². The Hall–Kier alpha value is -0.0400. The minimum atomic E-state index is 0.819. The first-order valence-electron chi connectivity index (χ1n) is 6.52. The van der Waals surface area contributed by atoms with Gasteiger partial charge in [-0.2, -0.15) is 0 Å². The Morgan fingerprint density at radius 2 is 2.07 bits per heavy atom. The van der Waals surface area contributed by atoms with Crippen LogP contribution in [0.2, 0.25) is 0 Å². The zero-order valence-electron chi connectivity index (χ0n) is 9.39. The Bertz CT molecular complexity index is 221. The van der Waals surface area contributed by atoms with Gasteiger partial charge in [-0.3, -0.25) is 0 Å². The Balaban J connectivity index is 1.48. The first kappa shape index (κ1) is 9.21. The third-order valence-corrected chi connectivity index (χ3v) is 4.72. The van der Waals surface area contributed by atoms with Crippen LogP contribution in [-0.4, -0.2) is 12.6 Å². The van der Waals surface area contributed by atoms with Gasteiger partial charge in [0, 0.05) is 6.04 Å². The smallest absolute Gasteiger partial charge is 0.00683 e. The summed E-state index contributed by atoms with van der Waals surface area (Å²) in [6, 6.07) is 0.911. The minimum absolute atomic E-state index is 0.819. The van der Waals surface area contributed by atoms with Crippen LogP contribution in [0.1, 0.15) is 51.9 Å². The predicted octanol–water partition coefficient (Wildman–Crippen LogP) is 2.95. The lowest BCUT2D eigenvalue weighted by molar-refractivity contribution is 0.240. The Labute approximate surface area is 87.7 Å². The van der Waals surface area contributed by atoms with Gasteiger partial charge >= 0.3 is 0 Å². The van der Waals surface area contributed by atoms with Crippen molar-refractivity contribution in [2.45, 2.75) is 57.9 Å². The second-order valence-electron chi connectivity index (χ2n) is 6.15. The van der Waals surface area contributed by atoms with E-state index in [0.717, 1.165) is 23.3 Å². The number of hydrogen-bond acceptors (Lipinski definition) is 1. The average molecular weight is 193 g/mol. The van der Waals surface area contributed by atoms with E-state index in [1.54, 1.807) is 0 Å². The number of rotatable bonds is 3. The van der Waals surface area contributed by atoms with Gasteiger partial charge in [0.25, 0.3) is 0 Å². The lowest BCUT2D eigenvalue weighted by atomic mass is 9.78. The quantitative estimate of drug-likeness (QED) is 0.726. The van der Waals surface area contributed by atoms with Crippen molar-refractivity contribution in [3.63, 3.8) is 0 Å². The van der Waals surface area contributed by atoms with Crippen LogP contribution in [0.3, 0.4) is 0 Å². The standard InChI is InChI=1S/C13H23N/c1-10-3-2-6-13(7-10)8-11(13)9-14-12-4-5-12/h10-12,14H,2-9H2,1H3.